The standard InChI is InChI=1S/C14H10O2.C10H18O5/c15-13(11-7-3-1-4-8-11)14(16)12-9-5-2-6-10-12;11-8(7-10(14)15)5-3-1-2-4-6-9(12)13/h1-10H;8,11H,1-7H2,(H,12,13)(H,14,15). The first-order valence-electron chi connectivity index (χ1n) is 10.1. The molecule has 0 aliphatic heterocycles. The van der Waals surface area contributed by atoms with Crippen molar-refractivity contribution in [1.82, 2.24) is 0 Å². The van der Waals surface area contributed by atoms with E-state index in [1.165, 1.54) is 0 Å². The first-order chi connectivity index (χ1) is 14.8. The van der Waals surface area contributed by atoms with E-state index in [4.69, 9.17) is 10.2 Å². The highest BCUT2D eigenvalue weighted by Gasteiger charge is 2.17. The van der Waals surface area contributed by atoms with Crippen LogP contribution in [0.5, 0.6) is 0 Å². The average Bonchev–Trinajstić information content (AvgIpc) is 2.76. The lowest BCUT2D eigenvalue weighted by molar-refractivity contribution is -0.139. The molecular formula is C24H28O7. The van der Waals surface area contributed by atoms with Gasteiger partial charge in [-0.1, -0.05) is 79.9 Å². The third kappa shape index (κ3) is 11.4. The molecule has 2 rings (SSSR count). The van der Waals surface area contributed by atoms with E-state index in [0.717, 1.165) is 19.3 Å². The van der Waals surface area contributed by atoms with Crippen molar-refractivity contribution in [2.75, 3.05) is 0 Å². The monoisotopic (exact) mass is 428 g/mol. The van der Waals surface area contributed by atoms with Gasteiger partial charge in [0.05, 0.1) is 12.5 Å². The van der Waals surface area contributed by atoms with Crippen molar-refractivity contribution in [1.29, 1.82) is 0 Å². The number of carboxylic acid groups (broad SMARTS) is 2. The number of aliphatic hydroxyl groups is 1. The number of aliphatic carboxylic acids is 2. The highest BCUT2D eigenvalue weighted by molar-refractivity contribution is 6.49. The molecule has 0 spiro atoms. The lowest BCUT2D eigenvalue weighted by Gasteiger charge is -2.06. The average molecular weight is 428 g/mol. The lowest BCUT2D eigenvalue weighted by Crippen LogP contribution is -2.14. The van der Waals surface area contributed by atoms with Gasteiger partial charge in [-0.05, 0) is 12.8 Å². The lowest BCUT2D eigenvalue weighted by atomic mass is 10.0. The summed E-state index contributed by atoms with van der Waals surface area (Å²) in [5.74, 6) is -2.71. The molecule has 1 unspecified atom stereocenters. The van der Waals surface area contributed by atoms with Crippen LogP contribution < -0.4 is 0 Å². The highest BCUT2D eigenvalue weighted by atomic mass is 16.4. The third-order valence-electron chi connectivity index (χ3n) is 4.37. The fourth-order valence-corrected chi connectivity index (χ4v) is 2.75. The molecule has 0 aliphatic rings. The molecule has 0 saturated heterocycles. The van der Waals surface area contributed by atoms with E-state index in [1.807, 2.05) is 12.1 Å². The van der Waals surface area contributed by atoms with Crippen LogP contribution >= 0.6 is 0 Å². The number of carbonyl (C=O) groups is 4. The minimum absolute atomic E-state index is 0.178. The van der Waals surface area contributed by atoms with E-state index in [2.05, 4.69) is 0 Å². The number of hydrogen-bond acceptors (Lipinski definition) is 5. The van der Waals surface area contributed by atoms with E-state index in [1.54, 1.807) is 48.5 Å². The number of aliphatic hydroxyl groups excluding tert-OH is 1. The molecule has 2 aromatic carbocycles. The zero-order chi connectivity index (χ0) is 23.1. The Morgan fingerprint density at radius 3 is 1.52 bits per heavy atom. The summed E-state index contributed by atoms with van der Waals surface area (Å²) in [6, 6.07) is 17.2. The second-order valence-electron chi connectivity index (χ2n) is 6.99. The number of carboxylic acids is 2. The van der Waals surface area contributed by atoms with E-state index in [0.29, 0.717) is 24.0 Å². The SMILES string of the molecule is O=C(C(=O)c1ccccc1)c1ccccc1.O=C(O)CCCCCCC(O)CC(=O)O. The number of Topliss-reactive ketones (excluding diaryl/α,β-unsaturated/α-hetero) is 2. The van der Waals surface area contributed by atoms with Gasteiger partial charge in [-0.15, -0.1) is 0 Å². The minimum atomic E-state index is -0.992. The molecule has 2 aromatic rings. The Morgan fingerprint density at radius 2 is 1.10 bits per heavy atom. The van der Waals surface area contributed by atoms with Gasteiger partial charge in [-0.2, -0.15) is 0 Å². The Labute approximate surface area is 181 Å². The first kappa shape index (κ1) is 25.7. The van der Waals surface area contributed by atoms with Crippen molar-refractivity contribution < 1.29 is 34.5 Å². The van der Waals surface area contributed by atoms with E-state index >= 15 is 0 Å². The van der Waals surface area contributed by atoms with Crippen LogP contribution in [0.15, 0.2) is 60.7 Å². The fourth-order valence-electron chi connectivity index (χ4n) is 2.75. The van der Waals surface area contributed by atoms with Gasteiger partial charge in [0.15, 0.2) is 0 Å². The molecule has 0 fully saturated rings. The molecule has 0 aliphatic carbocycles. The van der Waals surface area contributed by atoms with Crippen LogP contribution in [0.1, 0.15) is 65.7 Å². The van der Waals surface area contributed by atoms with Gasteiger partial charge in [-0.3, -0.25) is 19.2 Å². The minimum Gasteiger partial charge on any atom is -0.481 e. The number of unbranched alkanes of at least 4 members (excludes halogenated alkanes) is 3. The highest BCUT2D eigenvalue weighted by Crippen LogP contribution is 2.09. The Hall–Kier alpha value is -3.32. The third-order valence-corrected chi connectivity index (χ3v) is 4.37. The molecule has 0 radical (unpaired) electrons. The van der Waals surface area contributed by atoms with Crippen LogP contribution in [0.4, 0.5) is 0 Å². The Balaban J connectivity index is 0.000000311. The van der Waals surface area contributed by atoms with Crippen molar-refractivity contribution in [3.05, 3.63) is 71.8 Å². The van der Waals surface area contributed by atoms with Crippen LogP contribution in [0.3, 0.4) is 0 Å². The van der Waals surface area contributed by atoms with Gasteiger partial charge in [0.1, 0.15) is 0 Å². The summed E-state index contributed by atoms with van der Waals surface area (Å²) in [6.07, 6.45) is 2.70. The maximum Gasteiger partial charge on any atom is 0.305 e. The summed E-state index contributed by atoms with van der Waals surface area (Å²) in [5, 5.41) is 25.9. The zero-order valence-electron chi connectivity index (χ0n) is 17.3. The van der Waals surface area contributed by atoms with Crippen LogP contribution in [0.25, 0.3) is 0 Å². The zero-order valence-corrected chi connectivity index (χ0v) is 17.3. The van der Waals surface area contributed by atoms with Gasteiger partial charge >= 0.3 is 11.9 Å². The molecule has 3 N–H and O–H groups in total. The number of benzene rings is 2. The number of ketones is 2. The molecule has 0 aromatic heterocycles. The number of hydrogen-bond donors (Lipinski definition) is 3. The van der Waals surface area contributed by atoms with Crippen molar-refractivity contribution in [3.63, 3.8) is 0 Å². The molecule has 0 bridgehead atoms. The summed E-state index contributed by atoms with van der Waals surface area (Å²) >= 11 is 0. The summed E-state index contributed by atoms with van der Waals surface area (Å²) in [6.45, 7) is 0. The maximum atomic E-state index is 11.8. The molecule has 0 saturated carbocycles. The van der Waals surface area contributed by atoms with Crippen LogP contribution in [0, 0.1) is 0 Å². The van der Waals surface area contributed by atoms with Gasteiger partial charge in [0.2, 0.25) is 11.6 Å². The molecule has 31 heavy (non-hydrogen) atoms. The van der Waals surface area contributed by atoms with Gasteiger partial charge in [0, 0.05) is 17.5 Å². The molecule has 0 amide bonds. The Kier molecular flexibility index (Phi) is 12.1. The topological polar surface area (TPSA) is 129 Å². The van der Waals surface area contributed by atoms with Crippen molar-refractivity contribution in [2.24, 2.45) is 0 Å². The van der Waals surface area contributed by atoms with E-state index in [-0.39, 0.29) is 12.8 Å². The molecule has 7 nitrogen and oxygen atoms in total. The Morgan fingerprint density at radius 1 is 0.645 bits per heavy atom. The van der Waals surface area contributed by atoms with E-state index < -0.39 is 29.6 Å². The van der Waals surface area contributed by atoms with Crippen LogP contribution in [0.2, 0.25) is 0 Å². The second kappa shape index (κ2) is 14.6. The fraction of sp³-hybridized carbons (Fsp3) is 0.333. The van der Waals surface area contributed by atoms with Crippen LogP contribution in [-0.2, 0) is 9.59 Å². The summed E-state index contributed by atoms with van der Waals surface area (Å²) in [7, 11) is 0. The smallest absolute Gasteiger partial charge is 0.305 e. The number of rotatable bonds is 12. The molecule has 7 heteroatoms. The quantitative estimate of drug-likeness (QED) is 0.265. The Bertz CT molecular complexity index is 782. The molecule has 1 atom stereocenters. The predicted octanol–water partition coefficient (Wildman–Crippen LogP) is 4.00. The molecule has 0 heterocycles. The molecular weight excluding hydrogens is 400 g/mol. The summed E-state index contributed by atoms with van der Waals surface area (Å²) in [5.41, 5.74) is 0.854. The van der Waals surface area contributed by atoms with Crippen molar-refractivity contribution in [2.45, 2.75) is 51.0 Å². The van der Waals surface area contributed by atoms with Crippen molar-refractivity contribution >= 4 is 23.5 Å². The maximum absolute atomic E-state index is 11.8. The van der Waals surface area contributed by atoms with Crippen LogP contribution in [-0.4, -0.2) is 44.9 Å². The van der Waals surface area contributed by atoms with Gasteiger partial charge < -0.3 is 15.3 Å². The van der Waals surface area contributed by atoms with E-state index in [9.17, 15) is 24.3 Å². The normalized spacial score (nSPS) is 11.0. The van der Waals surface area contributed by atoms with Crippen molar-refractivity contribution in [3.8, 4) is 0 Å². The largest absolute Gasteiger partial charge is 0.481 e. The summed E-state index contributed by atoms with van der Waals surface area (Å²) in [4.78, 5) is 43.9. The number of carbonyl (C=O) groups excluding carboxylic acids is 2. The summed E-state index contributed by atoms with van der Waals surface area (Å²) < 4.78 is 0. The second-order valence-corrected chi connectivity index (χ2v) is 6.99. The predicted molar refractivity (Wildman–Crippen MR) is 115 cm³/mol. The first-order valence-corrected chi connectivity index (χ1v) is 10.1. The van der Waals surface area contributed by atoms with Gasteiger partial charge in [-0.25, -0.2) is 0 Å². The van der Waals surface area contributed by atoms with Gasteiger partial charge in [0.25, 0.3) is 0 Å². The molecule has 166 valence electrons.